The van der Waals surface area contributed by atoms with Crippen LogP contribution in [0.2, 0.25) is 0 Å². The molecule has 2 fully saturated rings. The van der Waals surface area contributed by atoms with Gasteiger partial charge in [-0.2, -0.15) is 0 Å². The predicted octanol–water partition coefficient (Wildman–Crippen LogP) is 0.161. The first-order valence-electron chi connectivity index (χ1n) is 6.38. The van der Waals surface area contributed by atoms with E-state index in [2.05, 4.69) is 5.32 Å². The van der Waals surface area contributed by atoms with Gasteiger partial charge in [-0.15, -0.1) is 0 Å². The van der Waals surface area contributed by atoms with E-state index < -0.39 is 17.9 Å². The van der Waals surface area contributed by atoms with E-state index in [4.69, 9.17) is 14.6 Å². The van der Waals surface area contributed by atoms with Gasteiger partial charge in [-0.3, -0.25) is 9.59 Å². The monoisotopic (exact) mass is 257 g/mol. The van der Waals surface area contributed by atoms with Gasteiger partial charge in [0.1, 0.15) is 5.92 Å². The molecule has 1 amide bonds. The van der Waals surface area contributed by atoms with Crippen LogP contribution in [0.15, 0.2) is 0 Å². The van der Waals surface area contributed by atoms with Crippen LogP contribution in [0.3, 0.4) is 0 Å². The third-order valence-corrected chi connectivity index (χ3v) is 3.43. The van der Waals surface area contributed by atoms with Crippen LogP contribution < -0.4 is 5.32 Å². The maximum atomic E-state index is 11.8. The van der Waals surface area contributed by atoms with Crippen LogP contribution in [-0.2, 0) is 19.1 Å². The number of ether oxygens (including phenoxy) is 2. The molecule has 6 heteroatoms. The van der Waals surface area contributed by atoms with E-state index in [-0.39, 0.29) is 25.2 Å². The number of hydrogen-bond donors (Lipinski definition) is 2. The Morgan fingerprint density at radius 2 is 2.11 bits per heavy atom. The Bertz CT molecular complexity index is 314. The van der Waals surface area contributed by atoms with Gasteiger partial charge < -0.3 is 19.9 Å². The number of carboxylic acid groups (broad SMARTS) is 1. The molecule has 0 aromatic carbocycles. The van der Waals surface area contributed by atoms with E-state index in [0.29, 0.717) is 13.0 Å². The molecule has 0 aromatic rings. The molecule has 0 radical (unpaired) electrons. The highest BCUT2D eigenvalue weighted by Gasteiger charge is 2.35. The van der Waals surface area contributed by atoms with Crippen LogP contribution in [0.25, 0.3) is 0 Å². The summed E-state index contributed by atoms with van der Waals surface area (Å²) >= 11 is 0. The van der Waals surface area contributed by atoms with E-state index in [1.165, 1.54) is 0 Å². The lowest BCUT2D eigenvalue weighted by Gasteiger charge is -2.23. The summed E-state index contributed by atoms with van der Waals surface area (Å²) < 4.78 is 10.6. The van der Waals surface area contributed by atoms with Crippen molar-refractivity contribution in [1.29, 1.82) is 0 Å². The first-order chi connectivity index (χ1) is 8.66. The second kappa shape index (κ2) is 6.15. The van der Waals surface area contributed by atoms with Crippen molar-refractivity contribution in [1.82, 2.24) is 5.32 Å². The van der Waals surface area contributed by atoms with Gasteiger partial charge in [0.05, 0.1) is 31.8 Å². The Morgan fingerprint density at radius 3 is 2.78 bits per heavy atom. The highest BCUT2D eigenvalue weighted by Crippen LogP contribution is 2.17. The molecular weight excluding hydrogens is 238 g/mol. The van der Waals surface area contributed by atoms with Gasteiger partial charge in [-0.25, -0.2) is 0 Å². The SMILES string of the molecule is O=C(CC1CCCCO1)NC1COCC1C(=O)O. The van der Waals surface area contributed by atoms with E-state index in [0.717, 1.165) is 19.3 Å². The summed E-state index contributed by atoms with van der Waals surface area (Å²) in [5, 5.41) is 11.7. The largest absolute Gasteiger partial charge is 0.481 e. The van der Waals surface area contributed by atoms with Crippen LogP contribution in [0.4, 0.5) is 0 Å². The Morgan fingerprint density at radius 1 is 1.28 bits per heavy atom. The van der Waals surface area contributed by atoms with Crippen molar-refractivity contribution < 1.29 is 24.2 Å². The molecule has 2 N–H and O–H groups in total. The Hall–Kier alpha value is -1.14. The second-order valence-corrected chi connectivity index (χ2v) is 4.85. The van der Waals surface area contributed by atoms with Crippen molar-refractivity contribution in [2.45, 2.75) is 37.8 Å². The summed E-state index contributed by atoms with van der Waals surface area (Å²) in [6.07, 6.45) is 3.32. The quantitative estimate of drug-likeness (QED) is 0.749. The number of carbonyl (C=O) groups is 2. The molecule has 0 bridgehead atoms. The van der Waals surface area contributed by atoms with Crippen molar-refractivity contribution in [2.24, 2.45) is 5.92 Å². The molecule has 0 aromatic heterocycles. The minimum atomic E-state index is -0.924. The average Bonchev–Trinajstić information content (AvgIpc) is 2.78. The first kappa shape index (κ1) is 13.3. The summed E-state index contributed by atoms with van der Waals surface area (Å²) in [5.41, 5.74) is 0. The summed E-state index contributed by atoms with van der Waals surface area (Å²) in [6.45, 7) is 1.15. The number of aliphatic carboxylic acids is 1. The van der Waals surface area contributed by atoms with Gasteiger partial charge >= 0.3 is 5.97 Å². The van der Waals surface area contributed by atoms with Crippen molar-refractivity contribution in [3.63, 3.8) is 0 Å². The molecule has 2 saturated heterocycles. The molecule has 2 heterocycles. The first-order valence-corrected chi connectivity index (χ1v) is 6.38. The fraction of sp³-hybridized carbons (Fsp3) is 0.833. The topological polar surface area (TPSA) is 84.9 Å². The molecule has 2 aliphatic heterocycles. The van der Waals surface area contributed by atoms with Crippen molar-refractivity contribution >= 4 is 11.9 Å². The summed E-state index contributed by atoms with van der Waals surface area (Å²) in [4.78, 5) is 22.7. The summed E-state index contributed by atoms with van der Waals surface area (Å²) in [6, 6.07) is -0.418. The number of amides is 1. The Balaban J connectivity index is 1.77. The molecule has 2 aliphatic rings. The van der Waals surface area contributed by atoms with E-state index in [1.54, 1.807) is 0 Å². The number of carboxylic acids is 1. The third-order valence-electron chi connectivity index (χ3n) is 3.43. The molecule has 18 heavy (non-hydrogen) atoms. The standard InChI is InChI=1S/C12H19NO5/c14-11(5-8-3-1-2-4-18-8)13-10-7-17-6-9(10)12(15)16/h8-10H,1-7H2,(H,13,14)(H,15,16). The zero-order valence-corrected chi connectivity index (χ0v) is 10.3. The van der Waals surface area contributed by atoms with Crippen LogP contribution in [-0.4, -0.2) is 48.9 Å². The van der Waals surface area contributed by atoms with Gasteiger partial charge in [0.2, 0.25) is 5.91 Å². The zero-order chi connectivity index (χ0) is 13.0. The molecule has 0 saturated carbocycles. The van der Waals surface area contributed by atoms with Crippen LogP contribution in [0.1, 0.15) is 25.7 Å². The van der Waals surface area contributed by atoms with Gasteiger partial charge in [0.15, 0.2) is 0 Å². The lowest BCUT2D eigenvalue weighted by Crippen LogP contribution is -2.44. The molecule has 0 aliphatic carbocycles. The van der Waals surface area contributed by atoms with Gasteiger partial charge in [-0.1, -0.05) is 0 Å². The van der Waals surface area contributed by atoms with Crippen LogP contribution in [0, 0.1) is 5.92 Å². The molecule has 3 unspecified atom stereocenters. The summed E-state index contributed by atoms with van der Waals surface area (Å²) in [5.74, 6) is -1.71. The third kappa shape index (κ3) is 3.43. The Kier molecular flexibility index (Phi) is 4.54. The number of hydrogen-bond acceptors (Lipinski definition) is 4. The van der Waals surface area contributed by atoms with Crippen LogP contribution in [0.5, 0.6) is 0 Å². The van der Waals surface area contributed by atoms with E-state index in [9.17, 15) is 9.59 Å². The van der Waals surface area contributed by atoms with Crippen LogP contribution >= 0.6 is 0 Å². The van der Waals surface area contributed by atoms with Crippen molar-refractivity contribution in [3.05, 3.63) is 0 Å². The van der Waals surface area contributed by atoms with E-state index in [1.807, 2.05) is 0 Å². The smallest absolute Gasteiger partial charge is 0.311 e. The minimum Gasteiger partial charge on any atom is -0.481 e. The summed E-state index contributed by atoms with van der Waals surface area (Å²) in [7, 11) is 0. The number of nitrogens with one attached hydrogen (secondary N) is 1. The second-order valence-electron chi connectivity index (χ2n) is 4.85. The van der Waals surface area contributed by atoms with Gasteiger partial charge in [-0.05, 0) is 19.3 Å². The number of rotatable bonds is 4. The molecule has 6 nitrogen and oxygen atoms in total. The molecule has 2 rings (SSSR count). The fourth-order valence-electron chi connectivity index (χ4n) is 2.38. The maximum absolute atomic E-state index is 11.8. The zero-order valence-electron chi connectivity index (χ0n) is 10.3. The van der Waals surface area contributed by atoms with Gasteiger partial charge in [0, 0.05) is 6.61 Å². The lowest BCUT2D eigenvalue weighted by molar-refractivity contribution is -0.142. The Labute approximate surface area is 106 Å². The number of carbonyl (C=O) groups excluding carboxylic acids is 1. The normalized spacial score (nSPS) is 32.1. The molecule has 102 valence electrons. The molecular formula is C12H19NO5. The average molecular weight is 257 g/mol. The fourth-order valence-corrected chi connectivity index (χ4v) is 2.38. The predicted molar refractivity (Wildman–Crippen MR) is 62.1 cm³/mol. The van der Waals surface area contributed by atoms with Crippen molar-refractivity contribution in [2.75, 3.05) is 19.8 Å². The van der Waals surface area contributed by atoms with Gasteiger partial charge in [0.25, 0.3) is 0 Å². The molecule has 0 spiro atoms. The minimum absolute atomic E-state index is 0.0238. The highest BCUT2D eigenvalue weighted by atomic mass is 16.5. The van der Waals surface area contributed by atoms with Crippen molar-refractivity contribution in [3.8, 4) is 0 Å². The highest BCUT2D eigenvalue weighted by molar-refractivity contribution is 5.78. The maximum Gasteiger partial charge on any atom is 0.311 e. The lowest BCUT2D eigenvalue weighted by atomic mass is 10.0. The van der Waals surface area contributed by atoms with E-state index >= 15 is 0 Å². The molecule has 3 atom stereocenters.